The highest BCUT2D eigenvalue weighted by Crippen LogP contribution is 2.13. The molecule has 2 aromatic carbocycles. The van der Waals surface area contributed by atoms with Gasteiger partial charge in [-0.3, -0.25) is 10.3 Å². The summed E-state index contributed by atoms with van der Waals surface area (Å²) in [6.07, 6.45) is -0.561. The monoisotopic (exact) mass is 284 g/mol. The van der Waals surface area contributed by atoms with Crippen molar-refractivity contribution in [2.45, 2.75) is 0 Å². The molecule has 21 heavy (non-hydrogen) atoms. The number of rotatable bonds is 3. The molecule has 0 saturated carbocycles. The minimum absolute atomic E-state index is 0.477. The zero-order valence-corrected chi connectivity index (χ0v) is 11.5. The van der Waals surface area contributed by atoms with E-state index in [1.54, 1.807) is 49.5 Å². The Bertz CT molecular complexity index is 641. The molecule has 0 spiro atoms. The number of amides is 1. The minimum Gasteiger partial charge on any atom is -0.410 e. The van der Waals surface area contributed by atoms with Crippen molar-refractivity contribution in [2.24, 2.45) is 10.8 Å². The molecular weight excluding hydrogens is 268 g/mol. The highest BCUT2D eigenvalue weighted by molar-refractivity contribution is 5.99. The number of carbonyl (C=O) groups is 1. The third kappa shape index (κ3) is 4.05. The van der Waals surface area contributed by atoms with Gasteiger partial charge in [-0.2, -0.15) is 0 Å². The molecule has 6 nitrogen and oxygen atoms in total. The lowest BCUT2D eigenvalue weighted by molar-refractivity contribution is 0.215. The fourth-order valence-electron chi connectivity index (χ4n) is 1.76. The molecular formula is C15H16N4O2. The molecule has 0 aliphatic carbocycles. The molecule has 0 aliphatic rings. The van der Waals surface area contributed by atoms with Crippen LogP contribution in [0.2, 0.25) is 0 Å². The van der Waals surface area contributed by atoms with Gasteiger partial charge >= 0.3 is 6.09 Å². The van der Waals surface area contributed by atoms with E-state index < -0.39 is 6.09 Å². The zero-order chi connectivity index (χ0) is 15.1. The van der Waals surface area contributed by atoms with Crippen molar-refractivity contribution in [3.63, 3.8) is 0 Å². The topological polar surface area (TPSA) is 88.7 Å². The molecule has 4 N–H and O–H groups in total. The van der Waals surface area contributed by atoms with Crippen LogP contribution in [0.4, 0.5) is 10.5 Å². The van der Waals surface area contributed by atoms with Crippen LogP contribution < -0.4 is 21.3 Å². The lowest BCUT2D eigenvalue weighted by atomic mass is 10.2. The molecule has 2 aromatic rings. The summed E-state index contributed by atoms with van der Waals surface area (Å²) >= 11 is 0. The van der Waals surface area contributed by atoms with Gasteiger partial charge in [0.2, 0.25) is 0 Å². The first kappa shape index (κ1) is 14.5. The van der Waals surface area contributed by atoms with Crippen molar-refractivity contribution in [1.29, 1.82) is 0 Å². The standard InChI is InChI=1S/C15H16N4O2/c1-17-14(19-16)11-6-5-7-12(10-11)18-15(20)21-13-8-3-2-4-9-13/h2-10H,16H2,1H3,(H,17,19)(H,18,20). The molecule has 0 heterocycles. The van der Waals surface area contributed by atoms with Gasteiger partial charge in [0.05, 0.1) is 0 Å². The molecule has 0 aromatic heterocycles. The normalized spacial score (nSPS) is 10.9. The highest BCUT2D eigenvalue weighted by Gasteiger charge is 2.07. The number of hydrogen-bond donors (Lipinski definition) is 3. The fourth-order valence-corrected chi connectivity index (χ4v) is 1.76. The van der Waals surface area contributed by atoms with Crippen LogP contribution in [0, 0.1) is 0 Å². The van der Waals surface area contributed by atoms with Crippen LogP contribution in [-0.4, -0.2) is 19.0 Å². The maximum absolute atomic E-state index is 11.8. The third-order valence-electron chi connectivity index (χ3n) is 2.70. The molecule has 0 fully saturated rings. The number of nitrogens with zero attached hydrogens (tertiary/aromatic N) is 1. The summed E-state index contributed by atoms with van der Waals surface area (Å²) < 4.78 is 5.15. The predicted molar refractivity (Wildman–Crippen MR) is 82.3 cm³/mol. The fraction of sp³-hybridized carbons (Fsp3) is 0.0667. The Morgan fingerprint density at radius 2 is 1.90 bits per heavy atom. The number of aliphatic imine (C=N–C) groups is 1. The second-order valence-corrected chi connectivity index (χ2v) is 4.12. The number of para-hydroxylation sites is 1. The molecule has 0 unspecified atom stereocenters. The van der Waals surface area contributed by atoms with Crippen LogP contribution in [0.25, 0.3) is 0 Å². The molecule has 1 amide bonds. The van der Waals surface area contributed by atoms with E-state index in [4.69, 9.17) is 10.6 Å². The Balaban J connectivity index is 2.06. The van der Waals surface area contributed by atoms with Crippen molar-refractivity contribution in [3.05, 3.63) is 60.2 Å². The molecule has 0 saturated heterocycles. The number of nitrogens with two attached hydrogens (primary N) is 1. The number of benzene rings is 2. The van der Waals surface area contributed by atoms with E-state index in [-0.39, 0.29) is 0 Å². The van der Waals surface area contributed by atoms with Gasteiger partial charge in [-0.15, -0.1) is 0 Å². The van der Waals surface area contributed by atoms with Gasteiger partial charge in [-0.05, 0) is 24.3 Å². The van der Waals surface area contributed by atoms with E-state index in [2.05, 4.69) is 15.7 Å². The maximum atomic E-state index is 11.8. The van der Waals surface area contributed by atoms with Crippen LogP contribution in [-0.2, 0) is 0 Å². The Morgan fingerprint density at radius 1 is 1.14 bits per heavy atom. The molecule has 108 valence electrons. The molecule has 6 heteroatoms. The van der Waals surface area contributed by atoms with Crippen LogP contribution in [0.15, 0.2) is 59.6 Å². The molecule has 0 bridgehead atoms. The van der Waals surface area contributed by atoms with E-state index in [0.29, 0.717) is 17.3 Å². The number of ether oxygens (including phenoxy) is 1. The van der Waals surface area contributed by atoms with Gasteiger partial charge in [0.15, 0.2) is 0 Å². The van der Waals surface area contributed by atoms with E-state index in [1.807, 2.05) is 12.1 Å². The van der Waals surface area contributed by atoms with Crippen molar-refractivity contribution in [1.82, 2.24) is 5.43 Å². The summed E-state index contributed by atoms with van der Waals surface area (Å²) in [5.74, 6) is 6.38. The van der Waals surface area contributed by atoms with Crippen molar-refractivity contribution < 1.29 is 9.53 Å². The van der Waals surface area contributed by atoms with Crippen LogP contribution in [0.1, 0.15) is 5.56 Å². The second-order valence-electron chi connectivity index (χ2n) is 4.12. The Hall–Kier alpha value is -2.86. The summed E-state index contributed by atoms with van der Waals surface area (Å²) in [5, 5.41) is 2.65. The Morgan fingerprint density at radius 3 is 2.57 bits per heavy atom. The average molecular weight is 284 g/mol. The van der Waals surface area contributed by atoms with Crippen LogP contribution in [0.5, 0.6) is 5.75 Å². The van der Waals surface area contributed by atoms with Gasteiger partial charge in [0, 0.05) is 18.3 Å². The molecule has 2 rings (SSSR count). The lowest BCUT2D eigenvalue weighted by Gasteiger charge is -2.09. The van der Waals surface area contributed by atoms with Gasteiger partial charge in [0.1, 0.15) is 11.6 Å². The van der Waals surface area contributed by atoms with Gasteiger partial charge < -0.3 is 10.2 Å². The maximum Gasteiger partial charge on any atom is 0.417 e. The first-order valence-electron chi connectivity index (χ1n) is 6.30. The van der Waals surface area contributed by atoms with Gasteiger partial charge in [0.25, 0.3) is 0 Å². The van der Waals surface area contributed by atoms with E-state index >= 15 is 0 Å². The Labute approximate surface area is 122 Å². The smallest absolute Gasteiger partial charge is 0.410 e. The van der Waals surface area contributed by atoms with Crippen molar-refractivity contribution >= 4 is 17.6 Å². The van der Waals surface area contributed by atoms with Crippen molar-refractivity contribution in [3.8, 4) is 5.75 Å². The van der Waals surface area contributed by atoms with E-state index in [9.17, 15) is 4.79 Å². The average Bonchev–Trinajstić information content (AvgIpc) is 2.50. The summed E-state index contributed by atoms with van der Waals surface area (Å²) in [4.78, 5) is 15.8. The summed E-state index contributed by atoms with van der Waals surface area (Å²) in [6, 6.07) is 16.0. The number of hydrazine groups is 1. The molecule has 0 aliphatic heterocycles. The van der Waals surface area contributed by atoms with Gasteiger partial charge in [-0.1, -0.05) is 30.3 Å². The van der Waals surface area contributed by atoms with E-state index in [1.165, 1.54) is 0 Å². The minimum atomic E-state index is -0.561. The van der Waals surface area contributed by atoms with Crippen LogP contribution >= 0.6 is 0 Å². The van der Waals surface area contributed by atoms with Crippen LogP contribution in [0.3, 0.4) is 0 Å². The SMILES string of the molecule is CN=C(NN)c1cccc(NC(=O)Oc2ccccc2)c1. The molecule has 0 atom stereocenters. The number of amidine groups is 1. The first-order chi connectivity index (χ1) is 10.2. The highest BCUT2D eigenvalue weighted by atomic mass is 16.6. The van der Waals surface area contributed by atoms with Gasteiger partial charge in [-0.25, -0.2) is 10.6 Å². The summed E-state index contributed by atoms with van der Waals surface area (Å²) in [5.41, 5.74) is 3.84. The largest absolute Gasteiger partial charge is 0.417 e. The lowest BCUT2D eigenvalue weighted by Crippen LogP contribution is -2.31. The quantitative estimate of drug-likeness (QED) is 0.349. The number of anilines is 1. The third-order valence-corrected chi connectivity index (χ3v) is 2.70. The summed E-state index contributed by atoms with van der Waals surface area (Å²) in [6.45, 7) is 0. The zero-order valence-electron chi connectivity index (χ0n) is 11.5. The molecule has 0 radical (unpaired) electrons. The number of nitrogens with one attached hydrogen (secondary N) is 2. The first-order valence-corrected chi connectivity index (χ1v) is 6.30. The Kier molecular flexibility index (Phi) is 4.89. The summed E-state index contributed by atoms with van der Waals surface area (Å²) in [7, 11) is 1.62. The predicted octanol–water partition coefficient (Wildman–Crippen LogP) is 2.14. The second kappa shape index (κ2) is 7.06. The van der Waals surface area contributed by atoms with E-state index in [0.717, 1.165) is 5.56 Å². The number of hydrogen-bond acceptors (Lipinski definition) is 4. The number of carbonyl (C=O) groups excluding carboxylic acids is 1. The van der Waals surface area contributed by atoms with Crippen molar-refractivity contribution in [2.75, 3.05) is 12.4 Å².